The lowest BCUT2D eigenvalue weighted by molar-refractivity contribution is 0.0525. The van der Waals surface area contributed by atoms with E-state index in [1.807, 2.05) is 39.0 Å². The van der Waals surface area contributed by atoms with Gasteiger partial charge in [-0.15, -0.1) is 0 Å². The van der Waals surface area contributed by atoms with Gasteiger partial charge in [0.05, 0.1) is 0 Å². The third kappa shape index (κ3) is 4.16. The van der Waals surface area contributed by atoms with Crippen molar-refractivity contribution in [1.82, 2.24) is 5.32 Å². The van der Waals surface area contributed by atoms with E-state index in [1.54, 1.807) is 0 Å². The highest BCUT2D eigenvalue weighted by molar-refractivity contribution is 5.82. The normalized spacial score (nSPS) is 19.1. The van der Waals surface area contributed by atoms with Gasteiger partial charge in [-0.25, -0.2) is 4.79 Å². The predicted octanol–water partition coefficient (Wildman–Crippen LogP) is 5.73. The molecule has 27 heavy (non-hydrogen) atoms. The Hall–Kier alpha value is -2.75. The molecule has 4 rings (SSSR count). The molecule has 3 aromatic rings. The van der Waals surface area contributed by atoms with E-state index in [9.17, 15) is 4.79 Å². The van der Waals surface area contributed by atoms with Crippen LogP contribution in [0.1, 0.15) is 38.7 Å². The van der Waals surface area contributed by atoms with Gasteiger partial charge in [0.25, 0.3) is 0 Å². The fourth-order valence-corrected chi connectivity index (χ4v) is 3.46. The molecule has 4 nitrogen and oxygen atoms in total. The quantitative estimate of drug-likeness (QED) is 0.644. The molecule has 1 saturated carbocycles. The Balaban J connectivity index is 1.41. The fraction of sp³-hybridized carbons (Fsp3) is 0.348. The monoisotopic (exact) mass is 363 g/mol. The summed E-state index contributed by atoms with van der Waals surface area (Å²) in [6.07, 6.45) is 0.739. The molecule has 0 spiro atoms. The Morgan fingerprint density at radius 2 is 1.96 bits per heavy atom. The minimum atomic E-state index is -0.464. The summed E-state index contributed by atoms with van der Waals surface area (Å²) in [7, 11) is 0. The number of furan rings is 1. The highest BCUT2D eigenvalue weighted by Gasteiger charge is 2.38. The molecule has 2 unspecified atom stereocenters. The number of para-hydroxylation sites is 1. The number of nitrogens with one attached hydrogen (secondary N) is 1. The summed E-state index contributed by atoms with van der Waals surface area (Å²) < 4.78 is 11.3. The summed E-state index contributed by atoms with van der Waals surface area (Å²) in [5.74, 6) is 1.83. The smallest absolute Gasteiger partial charge is 0.407 e. The van der Waals surface area contributed by atoms with E-state index in [2.05, 4.69) is 41.7 Å². The van der Waals surface area contributed by atoms with E-state index < -0.39 is 5.60 Å². The van der Waals surface area contributed by atoms with Crippen LogP contribution in [0.4, 0.5) is 4.79 Å². The molecule has 0 aliphatic heterocycles. The third-order valence-corrected chi connectivity index (χ3v) is 4.85. The molecular weight excluding hydrogens is 338 g/mol. The van der Waals surface area contributed by atoms with Crippen LogP contribution >= 0.6 is 0 Å². The lowest BCUT2D eigenvalue weighted by Gasteiger charge is -2.19. The van der Waals surface area contributed by atoms with Crippen LogP contribution in [0.15, 0.2) is 59.0 Å². The highest BCUT2D eigenvalue weighted by Crippen LogP contribution is 2.47. The Kier molecular flexibility index (Phi) is 4.42. The maximum Gasteiger partial charge on any atom is 0.407 e. The van der Waals surface area contributed by atoms with Gasteiger partial charge in [0, 0.05) is 17.5 Å². The molecule has 2 aromatic carbocycles. The van der Waals surface area contributed by atoms with Gasteiger partial charge in [0.15, 0.2) is 0 Å². The maximum absolute atomic E-state index is 11.8. The van der Waals surface area contributed by atoms with Gasteiger partial charge in [-0.3, -0.25) is 0 Å². The molecule has 0 saturated heterocycles. The van der Waals surface area contributed by atoms with Crippen molar-refractivity contribution < 1.29 is 13.9 Å². The zero-order valence-corrected chi connectivity index (χ0v) is 16.0. The van der Waals surface area contributed by atoms with Gasteiger partial charge in [-0.05, 0) is 62.8 Å². The zero-order chi connectivity index (χ0) is 19.0. The second-order valence-corrected chi connectivity index (χ2v) is 8.26. The molecule has 0 radical (unpaired) electrons. The van der Waals surface area contributed by atoms with Gasteiger partial charge in [0.2, 0.25) is 0 Å². The number of hydrogen-bond donors (Lipinski definition) is 1. The van der Waals surface area contributed by atoms with Gasteiger partial charge in [0.1, 0.15) is 16.9 Å². The van der Waals surface area contributed by atoms with Crippen LogP contribution in [-0.2, 0) is 4.74 Å². The van der Waals surface area contributed by atoms with E-state index >= 15 is 0 Å². The van der Waals surface area contributed by atoms with E-state index in [0.717, 1.165) is 28.7 Å². The molecule has 1 N–H and O–H groups in total. The molecule has 0 bridgehead atoms. The molecule has 1 aliphatic carbocycles. The van der Waals surface area contributed by atoms with Gasteiger partial charge >= 0.3 is 6.09 Å². The van der Waals surface area contributed by atoms with Crippen molar-refractivity contribution in [3.63, 3.8) is 0 Å². The number of carbonyl (C=O) groups excluding carboxylic acids is 1. The Labute approximate surface area is 159 Å². The summed E-state index contributed by atoms with van der Waals surface area (Å²) in [5.41, 5.74) is 2.83. The third-order valence-electron chi connectivity index (χ3n) is 4.85. The summed E-state index contributed by atoms with van der Waals surface area (Å²) >= 11 is 0. The average Bonchev–Trinajstić information content (AvgIpc) is 3.27. The largest absolute Gasteiger partial charge is 0.456 e. The highest BCUT2D eigenvalue weighted by atomic mass is 16.6. The van der Waals surface area contributed by atoms with Crippen LogP contribution in [0.5, 0.6) is 0 Å². The first-order valence-electron chi connectivity index (χ1n) is 9.45. The average molecular weight is 363 g/mol. The molecule has 4 heteroatoms. The minimum Gasteiger partial charge on any atom is -0.456 e. The lowest BCUT2D eigenvalue weighted by Crippen LogP contribution is -2.33. The molecule has 140 valence electrons. The number of amides is 1. The second kappa shape index (κ2) is 6.76. The predicted molar refractivity (Wildman–Crippen MR) is 107 cm³/mol. The first kappa shape index (κ1) is 17.7. The molecule has 1 fully saturated rings. The van der Waals surface area contributed by atoms with E-state index in [0.29, 0.717) is 18.4 Å². The standard InChI is InChI=1S/C23H25NO3/c1-23(2,3)27-22(25)24-14-18-12-19(18)15-8-6-9-16(11-15)21-13-17-7-4-5-10-20(17)26-21/h4-11,13,18-19H,12,14H2,1-3H3,(H,24,25). The second-order valence-electron chi connectivity index (χ2n) is 8.26. The summed E-state index contributed by atoms with van der Waals surface area (Å²) in [6, 6.07) is 18.7. The summed E-state index contributed by atoms with van der Waals surface area (Å²) in [6.45, 7) is 6.26. The molecule has 2 atom stereocenters. The summed E-state index contributed by atoms with van der Waals surface area (Å²) in [5, 5.41) is 4.00. The molecule has 1 amide bonds. The number of alkyl carbamates (subject to hydrolysis) is 1. The molecular formula is C23H25NO3. The number of carbonyl (C=O) groups is 1. The van der Waals surface area contributed by atoms with Crippen LogP contribution in [0, 0.1) is 5.92 Å². The number of hydrogen-bond acceptors (Lipinski definition) is 3. The van der Waals surface area contributed by atoms with Crippen molar-refractivity contribution in [2.75, 3.05) is 6.54 Å². The van der Waals surface area contributed by atoms with Crippen molar-refractivity contribution in [3.05, 3.63) is 60.2 Å². The Bertz CT molecular complexity index is 934. The van der Waals surface area contributed by atoms with E-state index in [4.69, 9.17) is 9.15 Å². The van der Waals surface area contributed by atoms with Crippen molar-refractivity contribution in [2.24, 2.45) is 5.92 Å². The van der Waals surface area contributed by atoms with Crippen molar-refractivity contribution in [3.8, 4) is 11.3 Å². The molecule has 1 aliphatic rings. The zero-order valence-electron chi connectivity index (χ0n) is 16.0. The van der Waals surface area contributed by atoms with Crippen molar-refractivity contribution >= 4 is 17.1 Å². The maximum atomic E-state index is 11.8. The van der Waals surface area contributed by atoms with Crippen LogP contribution in [0.25, 0.3) is 22.3 Å². The van der Waals surface area contributed by atoms with Gasteiger partial charge in [-0.1, -0.05) is 36.4 Å². The van der Waals surface area contributed by atoms with Crippen LogP contribution in [0.3, 0.4) is 0 Å². The Morgan fingerprint density at radius 1 is 1.15 bits per heavy atom. The van der Waals surface area contributed by atoms with E-state index in [1.165, 1.54) is 5.56 Å². The van der Waals surface area contributed by atoms with E-state index in [-0.39, 0.29) is 6.09 Å². The minimum absolute atomic E-state index is 0.343. The Morgan fingerprint density at radius 3 is 2.74 bits per heavy atom. The van der Waals surface area contributed by atoms with Crippen LogP contribution in [0.2, 0.25) is 0 Å². The first-order chi connectivity index (χ1) is 12.9. The lowest BCUT2D eigenvalue weighted by atomic mass is 10.0. The first-order valence-corrected chi connectivity index (χ1v) is 9.45. The van der Waals surface area contributed by atoms with Crippen molar-refractivity contribution in [1.29, 1.82) is 0 Å². The van der Waals surface area contributed by atoms with Gasteiger partial charge in [-0.2, -0.15) is 0 Å². The number of fused-ring (bicyclic) bond motifs is 1. The number of ether oxygens (including phenoxy) is 1. The SMILES string of the molecule is CC(C)(C)OC(=O)NCC1CC1c1cccc(-c2cc3ccccc3o2)c1. The molecule has 1 heterocycles. The van der Waals surface area contributed by atoms with Crippen molar-refractivity contribution in [2.45, 2.75) is 38.7 Å². The van der Waals surface area contributed by atoms with Gasteiger partial charge < -0.3 is 14.5 Å². The topological polar surface area (TPSA) is 51.5 Å². The van der Waals surface area contributed by atoms with Crippen LogP contribution < -0.4 is 5.32 Å². The van der Waals surface area contributed by atoms with Crippen LogP contribution in [-0.4, -0.2) is 18.2 Å². The number of rotatable bonds is 4. The fourth-order valence-electron chi connectivity index (χ4n) is 3.46. The summed E-state index contributed by atoms with van der Waals surface area (Å²) in [4.78, 5) is 11.8. The number of benzene rings is 2. The molecule has 1 aromatic heterocycles.